The molecule has 1 aromatic heterocycles. The van der Waals surface area contributed by atoms with Crippen LogP contribution in [0.5, 0.6) is 11.5 Å². The van der Waals surface area contributed by atoms with E-state index in [1.165, 1.54) is 0 Å². The summed E-state index contributed by atoms with van der Waals surface area (Å²) < 4.78 is 14.7. The second-order valence-corrected chi connectivity index (χ2v) is 9.33. The summed E-state index contributed by atoms with van der Waals surface area (Å²) in [7, 11) is 5.91. The molecule has 1 atom stereocenters. The van der Waals surface area contributed by atoms with Gasteiger partial charge in [0.2, 0.25) is 5.43 Å². The maximum atomic E-state index is 13.9. The molecular formula is C27H28N2O3. The lowest BCUT2D eigenvalue weighted by Crippen LogP contribution is -2.31. The van der Waals surface area contributed by atoms with Crippen LogP contribution in [0.1, 0.15) is 26.3 Å². The molecule has 0 bridgehead atoms. The number of hydrogen-bond donors (Lipinski definition) is 0. The molecule has 0 amide bonds. The zero-order valence-electron chi connectivity index (χ0n) is 19.4. The summed E-state index contributed by atoms with van der Waals surface area (Å²) in [4.78, 5) is 15.9. The Bertz CT molecular complexity index is 1480. The molecule has 3 aromatic carbocycles. The van der Waals surface area contributed by atoms with Gasteiger partial charge in [-0.1, -0.05) is 24.3 Å². The predicted molar refractivity (Wildman–Crippen MR) is 132 cm³/mol. The van der Waals surface area contributed by atoms with Crippen molar-refractivity contribution < 1.29 is 9.47 Å². The lowest BCUT2D eigenvalue weighted by Gasteiger charge is -2.30. The van der Waals surface area contributed by atoms with Gasteiger partial charge in [0, 0.05) is 24.1 Å². The lowest BCUT2D eigenvalue weighted by molar-refractivity contribution is 0.0822. The fourth-order valence-electron chi connectivity index (χ4n) is 4.38. The van der Waals surface area contributed by atoms with Crippen LogP contribution < -0.4 is 14.9 Å². The summed E-state index contributed by atoms with van der Waals surface area (Å²) in [6.07, 6.45) is 3.89. The van der Waals surface area contributed by atoms with Crippen molar-refractivity contribution in [2.24, 2.45) is 7.05 Å². The highest BCUT2D eigenvalue weighted by Gasteiger charge is 2.28. The minimum absolute atomic E-state index is 0.0270. The van der Waals surface area contributed by atoms with Gasteiger partial charge in [0.15, 0.2) is 0 Å². The molecule has 1 aliphatic rings. The molecule has 1 unspecified atom stereocenters. The Morgan fingerprint density at radius 1 is 1.09 bits per heavy atom. The number of fused-ring (bicyclic) bond motifs is 5. The largest absolute Gasteiger partial charge is 0.483 e. The first-order valence-electron chi connectivity index (χ1n) is 10.9. The minimum Gasteiger partial charge on any atom is -0.483 e. The topological polar surface area (TPSA) is 43.7 Å². The molecule has 1 aliphatic heterocycles. The van der Waals surface area contributed by atoms with Gasteiger partial charge in [-0.25, -0.2) is 0 Å². The Hall–Kier alpha value is -3.31. The summed E-state index contributed by atoms with van der Waals surface area (Å²) in [6.45, 7) is 6.01. The monoisotopic (exact) mass is 428 g/mol. The van der Waals surface area contributed by atoms with Crippen LogP contribution in [0.15, 0.2) is 53.3 Å². The van der Waals surface area contributed by atoms with E-state index in [1.54, 1.807) is 0 Å². The normalized spacial score (nSPS) is 15.8. The quantitative estimate of drug-likeness (QED) is 0.327. The first kappa shape index (κ1) is 20.6. The van der Waals surface area contributed by atoms with Crippen molar-refractivity contribution in [3.05, 3.63) is 64.3 Å². The summed E-state index contributed by atoms with van der Waals surface area (Å²) in [5.74, 6) is 1.27. The van der Waals surface area contributed by atoms with E-state index in [1.807, 2.05) is 83.2 Å². The Balaban J connectivity index is 1.94. The molecule has 0 fully saturated rings. The zero-order valence-corrected chi connectivity index (χ0v) is 19.4. The first-order valence-corrected chi connectivity index (χ1v) is 10.9. The van der Waals surface area contributed by atoms with E-state index in [9.17, 15) is 4.79 Å². The van der Waals surface area contributed by atoms with Crippen LogP contribution in [0.2, 0.25) is 0 Å². The van der Waals surface area contributed by atoms with Crippen LogP contribution >= 0.6 is 0 Å². The van der Waals surface area contributed by atoms with E-state index in [4.69, 9.17) is 9.47 Å². The third kappa shape index (κ3) is 3.16. The van der Waals surface area contributed by atoms with Crippen molar-refractivity contribution in [3.63, 3.8) is 0 Å². The Kier molecular flexibility index (Phi) is 4.57. The average molecular weight is 429 g/mol. The van der Waals surface area contributed by atoms with Gasteiger partial charge in [0.05, 0.1) is 16.4 Å². The van der Waals surface area contributed by atoms with Gasteiger partial charge >= 0.3 is 0 Å². The van der Waals surface area contributed by atoms with E-state index in [2.05, 4.69) is 22.8 Å². The molecule has 2 heterocycles. The van der Waals surface area contributed by atoms with Crippen molar-refractivity contribution in [2.75, 3.05) is 14.1 Å². The van der Waals surface area contributed by atoms with E-state index in [-0.39, 0.29) is 11.7 Å². The van der Waals surface area contributed by atoms with Gasteiger partial charge in [0.25, 0.3) is 0 Å². The molecule has 4 aromatic rings. The SMILES string of the molecule is CC(Oc1cc2c(c3c1c(=O)c1cc4ccccc4cc1n3C)C=CC(C)(C)O2)N(C)C. The Labute approximate surface area is 187 Å². The van der Waals surface area contributed by atoms with E-state index in [0.717, 1.165) is 33.1 Å². The van der Waals surface area contributed by atoms with E-state index in [0.29, 0.717) is 16.5 Å². The first-order chi connectivity index (χ1) is 15.2. The second kappa shape index (κ2) is 7.10. The van der Waals surface area contributed by atoms with Crippen LogP contribution in [0.3, 0.4) is 0 Å². The molecule has 164 valence electrons. The molecule has 0 N–H and O–H groups in total. The molecule has 0 spiro atoms. The fourth-order valence-corrected chi connectivity index (χ4v) is 4.38. The van der Waals surface area contributed by atoms with Gasteiger partial charge in [0.1, 0.15) is 23.3 Å². The number of hydrogen-bond acceptors (Lipinski definition) is 4. The number of aryl methyl sites for hydroxylation is 1. The van der Waals surface area contributed by atoms with Gasteiger partial charge in [-0.05, 0) is 69.9 Å². The molecule has 0 radical (unpaired) electrons. The van der Waals surface area contributed by atoms with Gasteiger partial charge in [-0.15, -0.1) is 0 Å². The maximum Gasteiger partial charge on any atom is 0.201 e. The summed E-state index contributed by atoms with van der Waals surface area (Å²) >= 11 is 0. The molecule has 5 heteroatoms. The second-order valence-electron chi connectivity index (χ2n) is 9.33. The van der Waals surface area contributed by atoms with Gasteiger partial charge in [-0.2, -0.15) is 0 Å². The maximum absolute atomic E-state index is 13.9. The Morgan fingerprint density at radius 2 is 1.78 bits per heavy atom. The number of nitrogens with zero attached hydrogens (tertiary/aromatic N) is 2. The summed E-state index contributed by atoms with van der Waals surface area (Å²) in [5, 5.41) is 3.41. The van der Waals surface area contributed by atoms with Crippen LogP contribution in [-0.4, -0.2) is 35.4 Å². The third-order valence-electron chi connectivity index (χ3n) is 6.35. The van der Waals surface area contributed by atoms with E-state index < -0.39 is 5.60 Å². The van der Waals surface area contributed by atoms with Crippen LogP contribution in [0.4, 0.5) is 0 Å². The van der Waals surface area contributed by atoms with Crippen molar-refractivity contribution in [2.45, 2.75) is 32.6 Å². The van der Waals surface area contributed by atoms with Crippen molar-refractivity contribution in [3.8, 4) is 11.5 Å². The molecule has 0 aliphatic carbocycles. The van der Waals surface area contributed by atoms with Crippen molar-refractivity contribution in [1.29, 1.82) is 0 Å². The number of aromatic nitrogens is 1. The van der Waals surface area contributed by atoms with Gasteiger partial charge < -0.3 is 14.0 Å². The Morgan fingerprint density at radius 3 is 2.47 bits per heavy atom. The van der Waals surface area contributed by atoms with Gasteiger partial charge in [-0.3, -0.25) is 9.69 Å². The molecule has 0 saturated heterocycles. The van der Waals surface area contributed by atoms with Crippen LogP contribution in [0, 0.1) is 0 Å². The summed E-state index contributed by atoms with van der Waals surface area (Å²) in [5.41, 5.74) is 2.15. The standard InChI is InChI=1S/C27H28N2O3/c1-16(28(4)5)31-23-15-22-19(11-12-27(2,3)32-22)25-24(23)26(30)20-13-17-9-7-8-10-18(17)14-21(20)29(25)6/h7-16H,1-6H3. The minimum atomic E-state index is -0.434. The number of ether oxygens (including phenoxy) is 2. The summed E-state index contributed by atoms with van der Waals surface area (Å²) in [6, 6.07) is 14.1. The molecule has 0 saturated carbocycles. The molecular weight excluding hydrogens is 400 g/mol. The number of pyridine rings is 1. The zero-order chi connectivity index (χ0) is 22.8. The number of benzene rings is 3. The predicted octanol–water partition coefficient (Wildman–Crippen LogP) is 5.32. The highest BCUT2D eigenvalue weighted by atomic mass is 16.5. The highest BCUT2D eigenvalue weighted by molar-refractivity contribution is 6.05. The average Bonchev–Trinajstić information content (AvgIpc) is 2.74. The van der Waals surface area contributed by atoms with E-state index >= 15 is 0 Å². The lowest BCUT2D eigenvalue weighted by atomic mass is 9.97. The molecule has 5 nitrogen and oxygen atoms in total. The molecule has 5 rings (SSSR count). The fraction of sp³-hybridized carbons (Fsp3) is 0.296. The van der Waals surface area contributed by atoms with Crippen LogP contribution in [0.25, 0.3) is 38.7 Å². The van der Waals surface area contributed by atoms with Crippen molar-refractivity contribution in [1.82, 2.24) is 9.47 Å². The van der Waals surface area contributed by atoms with Crippen molar-refractivity contribution >= 4 is 38.7 Å². The highest BCUT2D eigenvalue weighted by Crippen LogP contribution is 2.41. The third-order valence-corrected chi connectivity index (χ3v) is 6.35. The van der Waals surface area contributed by atoms with Crippen LogP contribution in [-0.2, 0) is 7.05 Å². The number of rotatable bonds is 3. The molecule has 32 heavy (non-hydrogen) atoms. The smallest absolute Gasteiger partial charge is 0.201 e.